The first-order valence-electron chi connectivity index (χ1n) is 19.5. The lowest BCUT2D eigenvalue weighted by Crippen LogP contribution is -2.62. The van der Waals surface area contributed by atoms with Crippen molar-refractivity contribution in [1.82, 2.24) is 16.0 Å². The lowest BCUT2D eigenvalue weighted by molar-refractivity contribution is -0.153. The minimum Gasteiger partial charge on any atom is -0.464 e. The van der Waals surface area contributed by atoms with Gasteiger partial charge in [0.1, 0.15) is 24.9 Å². The molecule has 298 valence electrons. The highest BCUT2D eigenvalue weighted by atomic mass is 16.6. The van der Waals surface area contributed by atoms with Crippen molar-refractivity contribution in [2.24, 2.45) is 22.2 Å². The Morgan fingerprint density at radius 1 is 0.943 bits per heavy atom. The van der Waals surface area contributed by atoms with Crippen molar-refractivity contribution in [2.45, 2.75) is 148 Å². The Morgan fingerprint density at radius 3 is 2.13 bits per heavy atom. The van der Waals surface area contributed by atoms with Crippen LogP contribution in [-0.4, -0.2) is 105 Å². The molecular weight excluding hydrogens is 682 g/mol. The van der Waals surface area contributed by atoms with E-state index in [2.05, 4.69) is 42.8 Å². The van der Waals surface area contributed by atoms with Crippen LogP contribution in [0.25, 0.3) is 0 Å². The van der Waals surface area contributed by atoms with Crippen LogP contribution in [0.5, 0.6) is 0 Å². The summed E-state index contributed by atoms with van der Waals surface area (Å²) in [5.74, 6) is -1.15. The van der Waals surface area contributed by atoms with Crippen molar-refractivity contribution in [3.8, 4) is 0 Å². The van der Waals surface area contributed by atoms with Crippen LogP contribution >= 0.6 is 0 Å². The highest BCUT2D eigenvalue weighted by Gasteiger charge is 2.72. The van der Waals surface area contributed by atoms with E-state index in [-0.39, 0.29) is 72.8 Å². The SMILES string of the molecule is CO[C@@H]1[C@H](NC(=O)C23CCC(C(=O)NCCCOC(=O)[C@H](C)NC(=O)COCC(=O)C(C)(C)C)(CC2)CC3)CC[C@]2(CO2)[C@H]1[C@]1(C)O[C@@H]1CC=C(C)C. The summed E-state index contributed by atoms with van der Waals surface area (Å²) >= 11 is 0. The zero-order valence-corrected chi connectivity index (χ0v) is 33.2. The van der Waals surface area contributed by atoms with Crippen molar-refractivity contribution >= 4 is 29.5 Å². The number of ketones is 1. The van der Waals surface area contributed by atoms with Gasteiger partial charge in [-0.1, -0.05) is 32.4 Å². The molecule has 6 aliphatic rings. The number of amides is 3. The second-order valence-corrected chi connectivity index (χ2v) is 17.8. The summed E-state index contributed by atoms with van der Waals surface area (Å²) in [6.07, 6.45) is 8.99. The molecule has 2 bridgehead atoms. The fourth-order valence-electron chi connectivity index (χ4n) is 8.88. The van der Waals surface area contributed by atoms with Gasteiger partial charge in [-0.25, -0.2) is 4.79 Å². The Morgan fingerprint density at radius 2 is 1.57 bits per heavy atom. The van der Waals surface area contributed by atoms with Gasteiger partial charge in [-0.3, -0.25) is 19.2 Å². The van der Waals surface area contributed by atoms with Crippen LogP contribution in [0.2, 0.25) is 0 Å². The molecule has 3 amide bonds. The summed E-state index contributed by atoms with van der Waals surface area (Å²) in [5.41, 5.74) is -0.881. The lowest BCUT2D eigenvalue weighted by atomic mass is 9.53. The molecule has 2 saturated heterocycles. The van der Waals surface area contributed by atoms with Crippen molar-refractivity contribution in [2.75, 3.05) is 40.1 Å². The van der Waals surface area contributed by atoms with Gasteiger partial charge in [-0.05, 0) is 91.9 Å². The van der Waals surface area contributed by atoms with E-state index in [1.165, 1.54) is 12.5 Å². The third kappa shape index (κ3) is 9.16. The normalized spacial score (nSPS) is 34.8. The molecule has 0 aromatic carbocycles. The number of epoxide rings is 2. The summed E-state index contributed by atoms with van der Waals surface area (Å²) in [4.78, 5) is 63.9. The Labute approximate surface area is 314 Å². The first kappa shape index (κ1) is 41.3. The largest absolute Gasteiger partial charge is 0.464 e. The van der Waals surface area contributed by atoms with Gasteiger partial charge in [-0.15, -0.1) is 0 Å². The van der Waals surface area contributed by atoms with E-state index >= 15 is 0 Å². The van der Waals surface area contributed by atoms with Crippen LogP contribution < -0.4 is 16.0 Å². The van der Waals surface area contributed by atoms with E-state index in [1.807, 2.05) is 0 Å². The number of fused-ring (bicyclic) bond motifs is 3. The van der Waals surface area contributed by atoms with E-state index in [0.717, 1.165) is 19.3 Å². The van der Waals surface area contributed by atoms with Crippen LogP contribution in [0.3, 0.4) is 0 Å². The molecule has 0 aromatic heterocycles. The van der Waals surface area contributed by atoms with Gasteiger partial charge in [0.25, 0.3) is 0 Å². The third-order valence-electron chi connectivity index (χ3n) is 12.7. The molecule has 53 heavy (non-hydrogen) atoms. The van der Waals surface area contributed by atoms with Gasteiger partial charge in [-0.2, -0.15) is 0 Å². The summed E-state index contributed by atoms with van der Waals surface area (Å²) in [6.45, 7) is 13.8. The highest BCUT2D eigenvalue weighted by molar-refractivity contribution is 5.88. The highest BCUT2D eigenvalue weighted by Crippen LogP contribution is 2.60. The van der Waals surface area contributed by atoms with Crippen molar-refractivity contribution < 1.29 is 47.7 Å². The number of rotatable bonds is 17. The third-order valence-corrected chi connectivity index (χ3v) is 12.7. The van der Waals surface area contributed by atoms with E-state index in [4.69, 9.17) is 23.7 Å². The van der Waals surface area contributed by atoms with Crippen LogP contribution in [-0.2, 0) is 47.7 Å². The number of carbonyl (C=O) groups is 5. The first-order chi connectivity index (χ1) is 24.9. The molecule has 13 heteroatoms. The Balaban J connectivity index is 1.02. The summed E-state index contributed by atoms with van der Waals surface area (Å²) in [6, 6.07) is -1.02. The Kier molecular flexibility index (Phi) is 12.5. The standard InChI is InChI=1S/C40H63N3O10/c1-25(2)10-11-29-37(7,53-29)32-31(49-8)27(12-13-40(32)24-52-40)43-35(48)39-17-14-38(15-18-39,16-19-39)34(47)41-20-9-21-51-33(46)26(3)42-30(45)23-50-22-28(44)36(4,5)6/h10,26-27,29,31-32H,9,11-24H2,1-8H3,(H,41,47)(H,42,45)(H,43,48)/t26-,27+,29+,31+,32+,37+,38?,39?,40-/m0/s1. The predicted octanol–water partition coefficient (Wildman–Crippen LogP) is 3.71. The maximum Gasteiger partial charge on any atom is 0.328 e. The van der Waals surface area contributed by atoms with Crippen LogP contribution in [0, 0.1) is 22.2 Å². The number of carbonyl (C=O) groups excluding carboxylic acids is 5. The molecule has 3 N–H and O–H groups in total. The molecule has 4 saturated carbocycles. The predicted molar refractivity (Wildman–Crippen MR) is 196 cm³/mol. The second-order valence-electron chi connectivity index (χ2n) is 17.8. The van der Waals surface area contributed by atoms with Crippen LogP contribution in [0.15, 0.2) is 11.6 Å². The fourth-order valence-corrected chi connectivity index (χ4v) is 8.88. The quantitative estimate of drug-likeness (QED) is 0.0863. The number of Topliss-reactive ketones (excluding diaryl/α,β-unsaturated/α-hetero) is 1. The minimum atomic E-state index is -0.885. The molecule has 6 fully saturated rings. The lowest BCUT2D eigenvalue weighted by Gasteiger charge is -2.52. The number of methoxy groups -OCH3 is 1. The molecule has 0 unspecified atom stereocenters. The number of hydrogen-bond donors (Lipinski definition) is 3. The number of esters is 1. The van der Waals surface area contributed by atoms with E-state index in [9.17, 15) is 24.0 Å². The monoisotopic (exact) mass is 745 g/mol. The van der Waals surface area contributed by atoms with Gasteiger partial charge in [0.15, 0.2) is 5.78 Å². The van der Waals surface area contributed by atoms with Gasteiger partial charge in [0.05, 0.1) is 37.1 Å². The van der Waals surface area contributed by atoms with Gasteiger partial charge < -0.3 is 39.6 Å². The molecule has 7 atom stereocenters. The number of nitrogens with one attached hydrogen (secondary N) is 3. The Bertz CT molecular complexity index is 1410. The van der Waals surface area contributed by atoms with Crippen LogP contribution in [0.4, 0.5) is 0 Å². The second kappa shape index (κ2) is 16.1. The van der Waals surface area contributed by atoms with Crippen LogP contribution in [0.1, 0.15) is 113 Å². The molecule has 4 aliphatic carbocycles. The van der Waals surface area contributed by atoms with E-state index in [1.54, 1.807) is 27.9 Å². The number of hydrogen-bond acceptors (Lipinski definition) is 10. The van der Waals surface area contributed by atoms with E-state index < -0.39 is 34.2 Å². The molecule has 0 aromatic rings. The molecule has 6 rings (SSSR count). The van der Waals surface area contributed by atoms with E-state index in [0.29, 0.717) is 58.1 Å². The average Bonchev–Trinajstić information content (AvgIpc) is 4.04. The molecular formula is C40H63N3O10. The topological polar surface area (TPSA) is 174 Å². The molecule has 0 radical (unpaired) electrons. The summed E-state index contributed by atoms with van der Waals surface area (Å²) in [5, 5.41) is 8.98. The molecule has 1 spiro atoms. The van der Waals surface area contributed by atoms with Crippen molar-refractivity contribution in [3.63, 3.8) is 0 Å². The minimum absolute atomic E-state index is 0.00671. The molecule has 13 nitrogen and oxygen atoms in total. The van der Waals surface area contributed by atoms with Gasteiger partial charge in [0.2, 0.25) is 17.7 Å². The van der Waals surface area contributed by atoms with Gasteiger partial charge in [0, 0.05) is 35.8 Å². The molecule has 2 heterocycles. The average molecular weight is 746 g/mol. The maximum atomic E-state index is 14.1. The van der Waals surface area contributed by atoms with Gasteiger partial charge >= 0.3 is 5.97 Å². The summed E-state index contributed by atoms with van der Waals surface area (Å²) < 4.78 is 29.1. The first-order valence-corrected chi connectivity index (χ1v) is 19.5. The number of ether oxygens (including phenoxy) is 5. The maximum absolute atomic E-state index is 14.1. The fraction of sp³-hybridized carbons (Fsp3) is 0.825. The Hall–Kier alpha value is -2.87. The smallest absolute Gasteiger partial charge is 0.328 e. The zero-order valence-electron chi connectivity index (χ0n) is 33.2. The summed E-state index contributed by atoms with van der Waals surface area (Å²) in [7, 11) is 1.73. The number of allylic oxidation sites excluding steroid dienone is 1. The van der Waals surface area contributed by atoms with Crippen molar-refractivity contribution in [1.29, 1.82) is 0 Å². The molecule has 2 aliphatic heterocycles. The zero-order chi connectivity index (χ0) is 38.8. The van der Waals surface area contributed by atoms with Crippen molar-refractivity contribution in [3.05, 3.63) is 11.6 Å².